The van der Waals surface area contributed by atoms with Crippen LogP contribution in [-0.2, 0) is 16.1 Å². The largest absolute Gasteiger partial charge is 0.352 e. The van der Waals surface area contributed by atoms with Gasteiger partial charge >= 0.3 is 11.8 Å². The summed E-state index contributed by atoms with van der Waals surface area (Å²) in [7, 11) is 0. The Kier molecular flexibility index (Phi) is 5.21. The first-order chi connectivity index (χ1) is 12.5. The molecule has 0 radical (unpaired) electrons. The third-order valence-corrected chi connectivity index (χ3v) is 4.04. The molecule has 0 aliphatic carbocycles. The third kappa shape index (κ3) is 3.54. The van der Waals surface area contributed by atoms with Gasteiger partial charge in [0.1, 0.15) is 4.47 Å². The van der Waals surface area contributed by atoms with Crippen molar-refractivity contribution < 1.29 is 19.0 Å². The zero-order valence-corrected chi connectivity index (χ0v) is 15.4. The van der Waals surface area contributed by atoms with Gasteiger partial charge in [0.25, 0.3) is 0 Å². The Hall–Kier alpha value is -2.88. The van der Waals surface area contributed by atoms with E-state index in [2.05, 4.69) is 40.9 Å². The van der Waals surface area contributed by atoms with E-state index in [0.29, 0.717) is 33.7 Å². The minimum absolute atomic E-state index is 0.00670. The molecule has 3 aromatic heterocycles. The van der Waals surface area contributed by atoms with E-state index in [9.17, 15) is 9.18 Å². The van der Waals surface area contributed by atoms with Crippen LogP contribution in [0.15, 0.2) is 35.2 Å². The van der Waals surface area contributed by atoms with Gasteiger partial charge < -0.3 is 0 Å². The molecule has 0 aliphatic rings. The van der Waals surface area contributed by atoms with Crippen molar-refractivity contribution in [2.75, 3.05) is 0 Å². The maximum atomic E-state index is 13.2. The average molecular weight is 422 g/mol. The summed E-state index contributed by atoms with van der Waals surface area (Å²) < 4.78 is 15.1. The number of nitrogens with zero attached hydrogens (tertiary/aromatic N) is 5. The standard InChI is InChI=1S/C16H13BrFN5O3/c1-3-11-15(20-7-6-19-11)23-14(10-4-5-12(18)21-8-10)13(17)16(22-23)26-25-9(2)24/h4-8H,3H2,1-2H3. The minimum Gasteiger partial charge on any atom is -0.263 e. The van der Waals surface area contributed by atoms with Crippen LogP contribution in [0.1, 0.15) is 19.5 Å². The lowest BCUT2D eigenvalue weighted by Gasteiger charge is -2.09. The van der Waals surface area contributed by atoms with Gasteiger partial charge in [-0.3, -0.25) is 9.87 Å². The smallest absolute Gasteiger partial charge is 0.263 e. The molecule has 0 aromatic carbocycles. The van der Waals surface area contributed by atoms with E-state index in [4.69, 9.17) is 4.89 Å². The Morgan fingerprint density at radius 2 is 2.04 bits per heavy atom. The first-order valence-corrected chi connectivity index (χ1v) is 8.36. The summed E-state index contributed by atoms with van der Waals surface area (Å²) >= 11 is 3.38. The van der Waals surface area contributed by atoms with E-state index >= 15 is 0 Å². The molecule has 8 nitrogen and oxygen atoms in total. The Morgan fingerprint density at radius 3 is 2.69 bits per heavy atom. The number of aryl methyl sites for hydroxylation is 1. The molecule has 0 fully saturated rings. The van der Waals surface area contributed by atoms with E-state index < -0.39 is 11.9 Å². The highest BCUT2D eigenvalue weighted by molar-refractivity contribution is 9.10. The predicted octanol–water partition coefficient (Wildman–Crippen LogP) is 3.05. The van der Waals surface area contributed by atoms with Crippen LogP contribution in [0.5, 0.6) is 5.88 Å². The second-order valence-electron chi connectivity index (χ2n) is 5.09. The Labute approximate surface area is 156 Å². The molecule has 0 spiro atoms. The maximum Gasteiger partial charge on any atom is 0.352 e. The highest BCUT2D eigenvalue weighted by Gasteiger charge is 2.24. The van der Waals surface area contributed by atoms with Gasteiger partial charge in [-0.05, 0) is 34.5 Å². The molecular weight excluding hydrogens is 409 g/mol. The second-order valence-corrected chi connectivity index (χ2v) is 5.88. The maximum absolute atomic E-state index is 13.2. The van der Waals surface area contributed by atoms with Gasteiger partial charge in [-0.2, -0.15) is 4.39 Å². The topological polar surface area (TPSA) is 92.0 Å². The first-order valence-electron chi connectivity index (χ1n) is 7.57. The van der Waals surface area contributed by atoms with E-state index in [0.717, 1.165) is 0 Å². The molecule has 0 saturated carbocycles. The monoisotopic (exact) mass is 421 g/mol. The van der Waals surface area contributed by atoms with Crippen molar-refractivity contribution >= 4 is 21.9 Å². The van der Waals surface area contributed by atoms with E-state index in [1.807, 2.05) is 6.92 Å². The Balaban J connectivity index is 2.19. The van der Waals surface area contributed by atoms with Gasteiger partial charge in [-0.25, -0.2) is 24.3 Å². The normalized spacial score (nSPS) is 10.6. The van der Waals surface area contributed by atoms with Crippen LogP contribution in [0.25, 0.3) is 17.1 Å². The lowest BCUT2D eigenvalue weighted by molar-refractivity contribution is -0.212. The second kappa shape index (κ2) is 7.56. The van der Waals surface area contributed by atoms with Gasteiger partial charge in [0.2, 0.25) is 5.95 Å². The van der Waals surface area contributed by atoms with E-state index in [1.54, 1.807) is 6.20 Å². The summed E-state index contributed by atoms with van der Waals surface area (Å²) in [5, 5.41) is 4.31. The van der Waals surface area contributed by atoms with Crippen LogP contribution in [0.2, 0.25) is 0 Å². The third-order valence-electron chi connectivity index (χ3n) is 3.32. The Morgan fingerprint density at radius 1 is 1.27 bits per heavy atom. The van der Waals surface area contributed by atoms with Gasteiger partial charge in [-0.15, -0.1) is 5.10 Å². The number of rotatable bonds is 5. The van der Waals surface area contributed by atoms with Gasteiger partial charge in [-0.1, -0.05) is 6.92 Å². The number of aromatic nitrogens is 5. The van der Waals surface area contributed by atoms with E-state index in [1.165, 1.54) is 36.1 Å². The molecule has 0 atom stereocenters. The number of carbonyl (C=O) groups excluding carboxylic acids is 1. The van der Waals surface area contributed by atoms with Crippen molar-refractivity contribution in [3.05, 3.63) is 46.8 Å². The fraction of sp³-hybridized carbons (Fsp3) is 0.188. The first kappa shape index (κ1) is 17.9. The zero-order chi connectivity index (χ0) is 18.7. The van der Waals surface area contributed by atoms with Crippen LogP contribution >= 0.6 is 15.9 Å². The summed E-state index contributed by atoms with van der Waals surface area (Å²) in [6.07, 6.45) is 5.08. The number of carbonyl (C=O) groups is 1. The number of pyridine rings is 1. The minimum atomic E-state index is -0.634. The highest BCUT2D eigenvalue weighted by atomic mass is 79.9. The fourth-order valence-corrected chi connectivity index (χ4v) is 2.78. The molecular formula is C16H13BrFN5O3. The number of hydrogen-bond donors (Lipinski definition) is 0. The molecule has 0 amide bonds. The quantitative estimate of drug-likeness (QED) is 0.355. The van der Waals surface area contributed by atoms with E-state index in [-0.39, 0.29) is 5.88 Å². The van der Waals surface area contributed by atoms with Crippen LogP contribution in [0.4, 0.5) is 4.39 Å². The van der Waals surface area contributed by atoms with Crippen LogP contribution < -0.4 is 4.89 Å². The summed E-state index contributed by atoms with van der Waals surface area (Å²) in [4.78, 5) is 32.9. The van der Waals surface area contributed by atoms with Crippen LogP contribution in [0.3, 0.4) is 0 Å². The number of hydrogen-bond acceptors (Lipinski definition) is 7. The zero-order valence-electron chi connectivity index (χ0n) is 13.8. The molecule has 3 rings (SSSR count). The summed E-state index contributed by atoms with van der Waals surface area (Å²) in [5.41, 5.74) is 1.74. The van der Waals surface area contributed by atoms with Crippen LogP contribution in [0, 0.1) is 5.95 Å². The molecule has 0 bridgehead atoms. The lowest BCUT2D eigenvalue weighted by atomic mass is 10.2. The molecule has 3 aromatic rings. The van der Waals surface area contributed by atoms with Gasteiger partial charge in [0.15, 0.2) is 5.82 Å². The molecule has 0 N–H and O–H groups in total. The molecule has 0 unspecified atom stereocenters. The number of halogens is 2. The molecule has 26 heavy (non-hydrogen) atoms. The predicted molar refractivity (Wildman–Crippen MR) is 91.8 cm³/mol. The summed E-state index contributed by atoms with van der Waals surface area (Å²) in [6.45, 7) is 3.13. The van der Waals surface area contributed by atoms with Crippen LogP contribution in [-0.4, -0.2) is 30.7 Å². The van der Waals surface area contributed by atoms with Crippen molar-refractivity contribution in [3.8, 4) is 23.0 Å². The van der Waals surface area contributed by atoms with Crippen molar-refractivity contribution in [1.82, 2.24) is 24.7 Å². The SMILES string of the molecule is CCc1nccnc1-n1nc(OOC(C)=O)c(Br)c1-c1ccc(F)nc1. The Bertz CT molecular complexity index is 946. The van der Waals surface area contributed by atoms with Gasteiger partial charge in [0.05, 0.1) is 11.4 Å². The van der Waals surface area contributed by atoms with Crippen molar-refractivity contribution in [3.63, 3.8) is 0 Å². The highest BCUT2D eigenvalue weighted by Crippen LogP contribution is 2.37. The van der Waals surface area contributed by atoms with Crippen molar-refractivity contribution in [1.29, 1.82) is 0 Å². The van der Waals surface area contributed by atoms with Gasteiger partial charge in [0, 0.05) is 31.1 Å². The average Bonchev–Trinajstić information content (AvgIpc) is 2.97. The van der Waals surface area contributed by atoms with Crippen molar-refractivity contribution in [2.24, 2.45) is 0 Å². The van der Waals surface area contributed by atoms with Crippen molar-refractivity contribution in [2.45, 2.75) is 20.3 Å². The summed E-state index contributed by atoms with van der Waals surface area (Å²) in [5.74, 6) is -0.772. The molecule has 134 valence electrons. The fourth-order valence-electron chi connectivity index (χ4n) is 2.23. The summed E-state index contributed by atoms with van der Waals surface area (Å²) in [6, 6.07) is 2.77. The molecule has 10 heteroatoms. The molecule has 0 aliphatic heterocycles. The molecule has 0 saturated heterocycles. The molecule has 3 heterocycles. The lowest BCUT2D eigenvalue weighted by Crippen LogP contribution is -2.08.